The molecule has 0 amide bonds. The molecule has 0 radical (unpaired) electrons. The van der Waals surface area contributed by atoms with Gasteiger partial charge in [-0.1, -0.05) is 27.7 Å². The van der Waals surface area contributed by atoms with Crippen LogP contribution >= 0.6 is 11.8 Å². The summed E-state index contributed by atoms with van der Waals surface area (Å²) in [7, 11) is 0. The van der Waals surface area contributed by atoms with Gasteiger partial charge in [-0.3, -0.25) is 0 Å². The van der Waals surface area contributed by atoms with Gasteiger partial charge in [-0.25, -0.2) is 9.97 Å². The molecule has 0 saturated carbocycles. The van der Waals surface area contributed by atoms with Gasteiger partial charge in [-0.15, -0.1) is 0 Å². The topological polar surface area (TPSA) is 49.8 Å². The van der Waals surface area contributed by atoms with Crippen LogP contribution in [0.3, 0.4) is 0 Å². The average Bonchev–Trinajstić information content (AvgIpc) is 2.42. The zero-order valence-corrected chi connectivity index (χ0v) is 14.2. The van der Waals surface area contributed by atoms with Crippen LogP contribution in [-0.4, -0.2) is 35.1 Å². The van der Waals surface area contributed by atoms with Crippen LogP contribution in [0.25, 0.3) is 0 Å². The molecule has 4 nitrogen and oxygen atoms in total. The lowest BCUT2D eigenvalue weighted by molar-refractivity contribution is 0.696. The first-order valence-corrected chi connectivity index (χ1v) is 8.81. The van der Waals surface area contributed by atoms with Gasteiger partial charge in [0.25, 0.3) is 0 Å². The SMILES string of the molecule is CCCNc1ncnc(NCC(C)CSC)c1C(C)C. The van der Waals surface area contributed by atoms with E-state index in [4.69, 9.17) is 0 Å². The highest BCUT2D eigenvalue weighted by molar-refractivity contribution is 7.98. The van der Waals surface area contributed by atoms with Crippen molar-refractivity contribution >= 4 is 23.4 Å². The summed E-state index contributed by atoms with van der Waals surface area (Å²) >= 11 is 1.88. The highest BCUT2D eigenvalue weighted by Gasteiger charge is 2.15. The summed E-state index contributed by atoms with van der Waals surface area (Å²) in [5.74, 6) is 4.13. The molecule has 1 aromatic rings. The predicted molar refractivity (Wildman–Crippen MR) is 90.9 cm³/mol. The van der Waals surface area contributed by atoms with E-state index in [1.165, 1.54) is 5.56 Å². The first-order valence-electron chi connectivity index (χ1n) is 7.41. The number of hydrogen-bond acceptors (Lipinski definition) is 5. The number of anilines is 2. The molecular formula is C15H28N4S. The molecule has 0 fully saturated rings. The van der Waals surface area contributed by atoms with Crippen molar-refractivity contribution < 1.29 is 0 Å². The van der Waals surface area contributed by atoms with Crippen molar-refractivity contribution in [2.75, 3.05) is 35.7 Å². The highest BCUT2D eigenvalue weighted by atomic mass is 32.2. The molecule has 2 N–H and O–H groups in total. The van der Waals surface area contributed by atoms with Crippen LogP contribution in [0, 0.1) is 5.92 Å². The van der Waals surface area contributed by atoms with E-state index in [1.807, 2.05) is 11.8 Å². The van der Waals surface area contributed by atoms with Crippen molar-refractivity contribution in [3.05, 3.63) is 11.9 Å². The molecule has 114 valence electrons. The number of thioether (sulfide) groups is 1. The van der Waals surface area contributed by atoms with Gasteiger partial charge in [0.1, 0.15) is 18.0 Å². The smallest absolute Gasteiger partial charge is 0.134 e. The van der Waals surface area contributed by atoms with Crippen LogP contribution in [0.15, 0.2) is 6.33 Å². The molecule has 5 heteroatoms. The molecule has 0 aliphatic heterocycles. The Morgan fingerprint density at radius 2 is 1.80 bits per heavy atom. The van der Waals surface area contributed by atoms with Crippen LogP contribution < -0.4 is 10.6 Å². The summed E-state index contributed by atoms with van der Waals surface area (Å²) in [6, 6.07) is 0. The van der Waals surface area contributed by atoms with Crippen LogP contribution in [0.4, 0.5) is 11.6 Å². The largest absolute Gasteiger partial charge is 0.370 e. The fourth-order valence-corrected chi connectivity index (χ4v) is 2.77. The molecule has 1 rings (SSSR count). The molecule has 0 aliphatic rings. The molecule has 1 unspecified atom stereocenters. The second-order valence-corrected chi connectivity index (χ2v) is 6.42. The van der Waals surface area contributed by atoms with Crippen molar-refractivity contribution in [1.29, 1.82) is 0 Å². The van der Waals surface area contributed by atoms with E-state index in [0.717, 1.165) is 36.9 Å². The number of hydrogen-bond donors (Lipinski definition) is 2. The molecule has 20 heavy (non-hydrogen) atoms. The van der Waals surface area contributed by atoms with Crippen LogP contribution in [0.2, 0.25) is 0 Å². The van der Waals surface area contributed by atoms with Crippen molar-refractivity contribution in [3.63, 3.8) is 0 Å². The van der Waals surface area contributed by atoms with Gasteiger partial charge in [0.05, 0.1) is 0 Å². The van der Waals surface area contributed by atoms with Gasteiger partial charge < -0.3 is 10.6 Å². The summed E-state index contributed by atoms with van der Waals surface area (Å²) in [4.78, 5) is 8.83. The van der Waals surface area contributed by atoms with Crippen molar-refractivity contribution in [2.24, 2.45) is 5.92 Å². The number of aromatic nitrogens is 2. The first kappa shape index (κ1) is 17.1. The third kappa shape index (κ3) is 5.19. The maximum atomic E-state index is 4.43. The molecule has 0 aliphatic carbocycles. The molecule has 0 bridgehead atoms. The predicted octanol–water partition coefficient (Wildman–Crippen LogP) is 3.83. The van der Waals surface area contributed by atoms with E-state index in [2.05, 4.69) is 54.6 Å². The molecule has 1 aromatic heterocycles. The Labute approximate surface area is 127 Å². The van der Waals surface area contributed by atoms with Gasteiger partial charge in [0.2, 0.25) is 0 Å². The van der Waals surface area contributed by atoms with Crippen molar-refractivity contribution in [2.45, 2.75) is 40.0 Å². The first-order chi connectivity index (χ1) is 9.60. The Hall–Kier alpha value is -0.970. The quantitative estimate of drug-likeness (QED) is 0.725. The maximum Gasteiger partial charge on any atom is 0.134 e. The number of rotatable bonds is 9. The van der Waals surface area contributed by atoms with E-state index < -0.39 is 0 Å². The lowest BCUT2D eigenvalue weighted by atomic mass is 10.0. The minimum atomic E-state index is 0.397. The maximum absolute atomic E-state index is 4.43. The Bertz CT molecular complexity index is 395. The molecule has 1 atom stereocenters. The van der Waals surface area contributed by atoms with Gasteiger partial charge in [-0.2, -0.15) is 11.8 Å². The van der Waals surface area contributed by atoms with Gasteiger partial charge in [0, 0.05) is 18.7 Å². The van der Waals surface area contributed by atoms with Crippen LogP contribution in [-0.2, 0) is 0 Å². The minimum Gasteiger partial charge on any atom is -0.370 e. The zero-order chi connectivity index (χ0) is 15.0. The van der Waals surface area contributed by atoms with E-state index >= 15 is 0 Å². The molecular weight excluding hydrogens is 268 g/mol. The zero-order valence-electron chi connectivity index (χ0n) is 13.4. The Balaban J connectivity index is 2.83. The third-order valence-electron chi connectivity index (χ3n) is 3.07. The fraction of sp³-hybridized carbons (Fsp3) is 0.733. The van der Waals surface area contributed by atoms with Gasteiger partial charge >= 0.3 is 0 Å². The Morgan fingerprint density at radius 1 is 1.15 bits per heavy atom. The summed E-state index contributed by atoms with van der Waals surface area (Å²) in [5, 5.41) is 6.89. The fourth-order valence-electron chi connectivity index (χ4n) is 2.08. The molecule has 0 saturated heterocycles. The summed E-state index contributed by atoms with van der Waals surface area (Å²) in [5.41, 5.74) is 1.19. The summed E-state index contributed by atoms with van der Waals surface area (Å²) in [6.07, 6.45) is 4.88. The molecule has 0 spiro atoms. The van der Waals surface area contributed by atoms with E-state index in [1.54, 1.807) is 6.33 Å². The molecule has 1 heterocycles. The summed E-state index contributed by atoms with van der Waals surface area (Å²) < 4.78 is 0. The Kier molecular flexibility index (Phi) is 7.73. The minimum absolute atomic E-state index is 0.397. The summed E-state index contributed by atoms with van der Waals surface area (Å²) in [6.45, 7) is 10.7. The van der Waals surface area contributed by atoms with Gasteiger partial charge in [-0.05, 0) is 30.3 Å². The number of nitrogens with zero attached hydrogens (tertiary/aromatic N) is 2. The van der Waals surface area contributed by atoms with Crippen molar-refractivity contribution in [3.8, 4) is 0 Å². The van der Waals surface area contributed by atoms with Crippen LogP contribution in [0.1, 0.15) is 45.6 Å². The standard InChI is InChI=1S/C15H28N4S/c1-6-7-16-14-13(11(2)3)15(19-10-18-14)17-8-12(4)9-20-5/h10-12H,6-9H2,1-5H3,(H2,16,17,18,19). The monoisotopic (exact) mass is 296 g/mol. The normalized spacial score (nSPS) is 12.5. The average molecular weight is 296 g/mol. The molecule has 0 aromatic carbocycles. The second kappa shape index (κ2) is 9.06. The highest BCUT2D eigenvalue weighted by Crippen LogP contribution is 2.28. The number of nitrogens with one attached hydrogen (secondary N) is 2. The van der Waals surface area contributed by atoms with Crippen molar-refractivity contribution in [1.82, 2.24) is 9.97 Å². The lowest BCUT2D eigenvalue weighted by Crippen LogP contribution is -2.17. The third-order valence-corrected chi connectivity index (χ3v) is 3.98. The van der Waals surface area contributed by atoms with Crippen LogP contribution in [0.5, 0.6) is 0 Å². The van der Waals surface area contributed by atoms with E-state index in [9.17, 15) is 0 Å². The second-order valence-electron chi connectivity index (χ2n) is 5.51. The van der Waals surface area contributed by atoms with E-state index in [0.29, 0.717) is 11.8 Å². The lowest BCUT2D eigenvalue weighted by Gasteiger charge is -2.19. The Morgan fingerprint density at radius 3 is 2.35 bits per heavy atom. The van der Waals surface area contributed by atoms with Gasteiger partial charge in [0.15, 0.2) is 0 Å². The van der Waals surface area contributed by atoms with E-state index in [-0.39, 0.29) is 0 Å².